The molecule has 0 atom stereocenters. The Kier molecular flexibility index (Phi) is 4.30. The third-order valence-corrected chi connectivity index (χ3v) is 3.72. The lowest BCUT2D eigenvalue weighted by Gasteiger charge is -2.32. The van der Waals surface area contributed by atoms with E-state index in [1.54, 1.807) is 0 Å². The molecule has 1 aromatic carbocycles. The number of nitrogens with two attached hydrogens (primary N) is 1. The molecule has 2 nitrogen and oxygen atoms in total. The zero-order valence-corrected chi connectivity index (χ0v) is 10.9. The molecule has 1 saturated carbocycles. The summed E-state index contributed by atoms with van der Waals surface area (Å²) in [6.45, 7) is 0. The van der Waals surface area contributed by atoms with Crippen LogP contribution in [0.4, 0.5) is 8.78 Å². The summed E-state index contributed by atoms with van der Waals surface area (Å²) in [5.74, 6) is -1.35. The molecule has 1 aliphatic carbocycles. The molecule has 0 bridgehead atoms. The number of Topliss-reactive ketones (excluding diaryl/α,β-unsaturated/α-hetero) is 1. The first-order chi connectivity index (χ1) is 8.97. The highest BCUT2D eigenvalue weighted by Crippen LogP contribution is 2.29. The Bertz CT molecular complexity index is 447. The molecule has 0 amide bonds. The van der Waals surface area contributed by atoms with E-state index in [0.717, 1.165) is 31.7 Å². The number of rotatable bonds is 4. The Labute approximate surface area is 112 Å². The van der Waals surface area contributed by atoms with Gasteiger partial charge in [-0.15, -0.1) is 0 Å². The highest BCUT2D eigenvalue weighted by Gasteiger charge is 2.29. The minimum atomic E-state index is -0.650. The second-order valence-electron chi connectivity index (χ2n) is 5.59. The van der Waals surface area contributed by atoms with Crippen molar-refractivity contribution in [2.75, 3.05) is 0 Å². The van der Waals surface area contributed by atoms with Gasteiger partial charge >= 0.3 is 0 Å². The predicted molar refractivity (Wildman–Crippen MR) is 69.7 cm³/mol. The van der Waals surface area contributed by atoms with E-state index in [1.165, 1.54) is 18.6 Å². The Morgan fingerprint density at radius 3 is 2.26 bits per heavy atom. The van der Waals surface area contributed by atoms with E-state index in [4.69, 9.17) is 5.73 Å². The number of carbonyl (C=O) groups excluding carboxylic acids is 1. The number of hydrogen-bond acceptors (Lipinski definition) is 2. The zero-order chi connectivity index (χ0) is 13.9. The summed E-state index contributed by atoms with van der Waals surface area (Å²) >= 11 is 0. The molecule has 104 valence electrons. The molecule has 0 saturated heterocycles. The molecular weight excluding hydrogens is 248 g/mol. The van der Waals surface area contributed by atoms with Crippen molar-refractivity contribution in [1.82, 2.24) is 0 Å². The van der Waals surface area contributed by atoms with E-state index in [1.807, 2.05) is 0 Å². The Morgan fingerprint density at radius 1 is 1.11 bits per heavy atom. The second-order valence-corrected chi connectivity index (χ2v) is 5.59. The lowest BCUT2D eigenvalue weighted by molar-refractivity contribution is -0.119. The first-order valence-corrected chi connectivity index (χ1v) is 6.72. The van der Waals surface area contributed by atoms with Crippen molar-refractivity contribution in [3.63, 3.8) is 0 Å². The largest absolute Gasteiger partial charge is 0.325 e. The smallest absolute Gasteiger partial charge is 0.139 e. The quantitative estimate of drug-likeness (QED) is 0.910. The van der Waals surface area contributed by atoms with Gasteiger partial charge in [0, 0.05) is 24.4 Å². The van der Waals surface area contributed by atoms with Crippen LogP contribution in [0.1, 0.15) is 44.1 Å². The van der Waals surface area contributed by atoms with Crippen LogP contribution in [-0.4, -0.2) is 11.3 Å². The van der Waals surface area contributed by atoms with E-state index < -0.39 is 17.2 Å². The first kappa shape index (κ1) is 14.1. The molecule has 0 radical (unpaired) electrons. The number of halogens is 2. The van der Waals surface area contributed by atoms with Crippen LogP contribution in [0.5, 0.6) is 0 Å². The van der Waals surface area contributed by atoms with Gasteiger partial charge in [0.2, 0.25) is 0 Å². The molecule has 0 unspecified atom stereocenters. The summed E-state index contributed by atoms with van der Waals surface area (Å²) in [5, 5.41) is 0. The zero-order valence-electron chi connectivity index (χ0n) is 10.9. The molecular formula is C15H19F2NO. The molecule has 0 aromatic heterocycles. The Morgan fingerprint density at radius 2 is 1.68 bits per heavy atom. The van der Waals surface area contributed by atoms with Gasteiger partial charge in [0.15, 0.2) is 0 Å². The second kappa shape index (κ2) is 5.78. The fraction of sp³-hybridized carbons (Fsp3) is 0.533. The van der Waals surface area contributed by atoms with Gasteiger partial charge in [-0.05, 0) is 30.5 Å². The van der Waals surface area contributed by atoms with E-state index in [-0.39, 0.29) is 12.2 Å². The van der Waals surface area contributed by atoms with Crippen molar-refractivity contribution in [2.45, 2.75) is 50.5 Å². The average molecular weight is 267 g/mol. The third-order valence-electron chi connectivity index (χ3n) is 3.72. The standard InChI is InChI=1S/C15H19F2NO/c16-12-6-11(7-13(17)9-12)8-14(19)10-15(18)4-2-1-3-5-15/h6-7,9H,1-5,8,10,18H2. The minimum absolute atomic E-state index is 0.0469. The molecule has 1 aromatic rings. The minimum Gasteiger partial charge on any atom is -0.325 e. The molecule has 0 aliphatic heterocycles. The van der Waals surface area contributed by atoms with Crippen LogP contribution in [0, 0.1) is 11.6 Å². The number of ketones is 1. The molecule has 4 heteroatoms. The van der Waals surface area contributed by atoms with Crippen molar-refractivity contribution >= 4 is 5.78 Å². The van der Waals surface area contributed by atoms with Gasteiger partial charge in [-0.1, -0.05) is 19.3 Å². The maximum Gasteiger partial charge on any atom is 0.139 e. The van der Waals surface area contributed by atoms with Gasteiger partial charge in [-0.3, -0.25) is 4.79 Å². The van der Waals surface area contributed by atoms with Crippen LogP contribution >= 0.6 is 0 Å². The molecule has 1 fully saturated rings. The van der Waals surface area contributed by atoms with Gasteiger partial charge in [0.05, 0.1) is 0 Å². The van der Waals surface area contributed by atoms with Crippen LogP contribution in [0.3, 0.4) is 0 Å². The molecule has 0 heterocycles. The lowest BCUT2D eigenvalue weighted by atomic mass is 9.78. The summed E-state index contributed by atoms with van der Waals surface area (Å²) < 4.78 is 26.1. The van der Waals surface area contributed by atoms with Crippen LogP contribution in [0.15, 0.2) is 18.2 Å². The summed E-state index contributed by atoms with van der Waals surface area (Å²) in [6.07, 6.45) is 5.34. The number of benzene rings is 1. The summed E-state index contributed by atoms with van der Waals surface area (Å²) in [4.78, 5) is 12.0. The highest BCUT2D eigenvalue weighted by molar-refractivity contribution is 5.82. The maximum absolute atomic E-state index is 13.0. The van der Waals surface area contributed by atoms with Crippen LogP contribution in [0.25, 0.3) is 0 Å². The Balaban J connectivity index is 1.97. The summed E-state index contributed by atoms with van der Waals surface area (Å²) in [6, 6.07) is 3.20. The monoisotopic (exact) mass is 267 g/mol. The van der Waals surface area contributed by atoms with E-state index in [0.29, 0.717) is 12.0 Å². The Hall–Kier alpha value is -1.29. The SMILES string of the molecule is NC1(CC(=O)Cc2cc(F)cc(F)c2)CCCCC1. The van der Waals surface area contributed by atoms with Crippen LogP contribution in [-0.2, 0) is 11.2 Å². The summed E-state index contributed by atoms with van der Waals surface area (Å²) in [7, 11) is 0. The van der Waals surface area contributed by atoms with Gasteiger partial charge in [-0.25, -0.2) is 8.78 Å². The topological polar surface area (TPSA) is 43.1 Å². The van der Waals surface area contributed by atoms with Crippen molar-refractivity contribution in [3.8, 4) is 0 Å². The fourth-order valence-electron chi connectivity index (χ4n) is 2.83. The van der Waals surface area contributed by atoms with Gasteiger partial charge in [0.25, 0.3) is 0 Å². The lowest BCUT2D eigenvalue weighted by Crippen LogP contribution is -2.43. The average Bonchev–Trinajstić information content (AvgIpc) is 2.27. The third kappa shape index (κ3) is 4.10. The normalized spacial score (nSPS) is 18.3. The van der Waals surface area contributed by atoms with E-state index in [9.17, 15) is 13.6 Å². The predicted octanol–water partition coefficient (Wildman–Crippen LogP) is 3.13. The van der Waals surface area contributed by atoms with Crippen LogP contribution in [0.2, 0.25) is 0 Å². The van der Waals surface area contributed by atoms with Crippen molar-refractivity contribution in [3.05, 3.63) is 35.4 Å². The first-order valence-electron chi connectivity index (χ1n) is 6.72. The van der Waals surface area contributed by atoms with Crippen molar-refractivity contribution in [1.29, 1.82) is 0 Å². The summed E-state index contributed by atoms with van der Waals surface area (Å²) in [5.41, 5.74) is 6.17. The number of hydrogen-bond donors (Lipinski definition) is 1. The van der Waals surface area contributed by atoms with Gasteiger partial charge < -0.3 is 5.73 Å². The van der Waals surface area contributed by atoms with E-state index >= 15 is 0 Å². The molecule has 2 rings (SSSR count). The van der Waals surface area contributed by atoms with Crippen LogP contribution < -0.4 is 5.73 Å². The maximum atomic E-state index is 13.0. The molecule has 1 aliphatic rings. The van der Waals surface area contributed by atoms with Gasteiger partial charge in [0.1, 0.15) is 17.4 Å². The fourth-order valence-corrected chi connectivity index (χ4v) is 2.83. The van der Waals surface area contributed by atoms with Crippen molar-refractivity contribution in [2.24, 2.45) is 5.73 Å². The van der Waals surface area contributed by atoms with Gasteiger partial charge in [-0.2, -0.15) is 0 Å². The molecule has 19 heavy (non-hydrogen) atoms. The number of carbonyl (C=O) groups is 1. The molecule has 0 spiro atoms. The molecule has 2 N–H and O–H groups in total. The highest BCUT2D eigenvalue weighted by atomic mass is 19.1. The van der Waals surface area contributed by atoms with E-state index in [2.05, 4.69) is 0 Å². The van der Waals surface area contributed by atoms with Crippen molar-refractivity contribution < 1.29 is 13.6 Å².